The third kappa shape index (κ3) is 1.21. The predicted octanol–water partition coefficient (Wildman–Crippen LogP) is 2.47. The summed E-state index contributed by atoms with van der Waals surface area (Å²) < 4.78 is 5.54. The Hall–Kier alpha value is -1.87. The number of aromatic nitrogens is 1. The average molecular weight is 199 g/mol. The molecule has 2 heterocycles. The first-order chi connectivity index (χ1) is 7.38. The lowest BCUT2D eigenvalue weighted by Gasteiger charge is -1.96. The Morgan fingerprint density at radius 3 is 2.93 bits per heavy atom. The number of aliphatic hydroxyl groups excluding tert-OH is 1. The van der Waals surface area contributed by atoms with Crippen molar-refractivity contribution in [3.05, 3.63) is 42.4 Å². The molecule has 74 valence electrons. The predicted molar refractivity (Wildman–Crippen MR) is 57.4 cm³/mol. The van der Waals surface area contributed by atoms with E-state index in [1.54, 1.807) is 12.4 Å². The molecule has 3 heteroatoms. The molecule has 0 fully saturated rings. The van der Waals surface area contributed by atoms with Crippen molar-refractivity contribution in [1.29, 1.82) is 0 Å². The molecule has 0 aliphatic rings. The maximum atomic E-state index is 9.00. The van der Waals surface area contributed by atoms with Gasteiger partial charge in [0.2, 0.25) is 0 Å². The number of pyridine rings is 1. The van der Waals surface area contributed by atoms with Crippen molar-refractivity contribution in [2.45, 2.75) is 6.61 Å². The molecule has 0 saturated carbocycles. The van der Waals surface area contributed by atoms with Gasteiger partial charge in [0.15, 0.2) is 0 Å². The molecule has 0 aliphatic carbocycles. The molecule has 0 atom stereocenters. The number of hydrogen-bond acceptors (Lipinski definition) is 3. The summed E-state index contributed by atoms with van der Waals surface area (Å²) in [6, 6.07) is 7.80. The highest BCUT2D eigenvalue weighted by atomic mass is 16.4. The zero-order valence-corrected chi connectivity index (χ0v) is 7.97. The fourth-order valence-corrected chi connectivity index (χ4v) is 1.79. The first-order valence-corrected chi connectivity index (χ1v) is 4.74. The van der Waals surface area contributed by atoms with Gasteiger partial charge in [0.1, 0.15) is 18.0 Å². The van der Waals surface area contributed by atoms with E-state index in [1.807, 2.05) is 24.3 Å². The normalized spacial score (nSPS) is 11.3. The Morgan fingerprint density at radius 2 is 2.07 bits per heavy atom. The second-order valence-corrected chi connectivity index (χ2v) is 3.45. The molecule has 0 amide bonds. The van der Waals surface area contributed by atoms with Crippen LogP contribution >= 0.6 is 0 Å². The van der Waals surface area contributed by atoms with E-state index in [4.69, 9.17) is 9.52 Å². The fourth-order valence-electron chi connectivity index (χ4n) is 1.79. The first kappa shape index (κ1) is 8.44. The Morgan fingerprint density at radius 1 is 1.20 bits per heavy atom. The number of rotatable bonds is 1. The smallest absolute Gasteiger partial charge is 0.143 e. The quantitative estimate of drug-likeness (QED) is 0.654. The van der Waals surface area contributed by atoms with Crippen LogP contribution in [0.2, 0.25) is 0 Å². The van der Waals surface area contributed by atoms with Crippen LogP contribution in [0.5, 0.6) is 0 Å². The molecule has 0 unspecified atom stereocenters. The largest absolute Gasteiger partial charge is 0.458 e. The summed E-state index contributed by atoms with van der Waals surface area (Å²) in [7, 11) is 0. The fraction of sp³-hybridized carbons (Fsp3) is 0.0833. The molecule has 0 saturated heterocycles. The summed E-state index contributed by atoms with van der Waals surface area (Å²) in [5, 5.41) is 12.1. The molecule has 3 aromatic rings. The van der Waals surface area contributed by atoms with Crippen molar-refractivity contribution in [3.63, 3.8) is 0 Å². The van der Waals surface area contributed by atoms with Gasteiger partial charge in [-0.25, -0.2) is 0 Å². The summed E-state index contributed by atoms with van der Waals surface area (Å²) in [4.78, 5) is 4.08. The van der Waals surface area contributed by atoms with Gasteiger partial charge < -0.3 is 9.52 Å². The molecule has 3 nitrogen and oxygen atoms in total. The van der Waals surface area contributed by atoms with E-state index >= 15 is 0 Å². The summed E-state index contributed by atoms with van der Waals surface area (Å²) in [6.07, 6.45) is 3.53. The molecule has 2 aromatic heterocycles. The van der Waals surface area contributed by atoms with Gasteiger partial charge in [-0.05, 0) is 17.5 Å². The van der Waals surface area contributed by atoms with Gasteiger partial charge in [-0.2, -0.15) is 0 Å². The monoisotopic (exact) mass is 199 g/mol. The number of benzene rings is 1. The summed E-state index contributed by atoms with van der Waals surface area (Å²) in [5.74, 6) is 0.585. The van der Waals surface area contributed by atoms with Crippen molar-refractivity contribution >= 4 is 21.7 Å². The Bertz CT molecular complexity index is 628. The molecule has 3 rings (SSSR count). The van der Waals surface area contributed by atoms with Gasteiger partial charge in [0.25, 0.3) is 0 Å². The first-order valence-electron chi connectivity index (χ1n) is 4.74. The van der Waals surface area contributed by atoms with Gasteiger partial charge in [0.05, 0.1) is 0 Å². The van der Waals surface area contributed by atoms with Crippen LogP contribution < -0.4 is 0 Å². The molecule has 1 N–H and O–H groups in total. The van der Waals surface area contributed by atoms with Crippen LogP contribution in [0.3, 0.4) is 0 Å². The standard InChI is InChI=1S/C12H9NO2/c14-7-10-5-9-2-1-8-3-4-13-6-11(8)12(9)15-10/h1-6,14H,7H2. The number of fused-ring (bicyclic) bond motifs is 3. The maximum absolute atomic E-state index is 9.00. The van der Waals surface area contributed by atoms with E-state index in [2.05, 4.69) is 4.98 Å². The highest BCUT2D eigenvalue weighted by Gasteiger charge is 2.06. The SMILES string of the molecule is OCc1cc2ccc3ccncc3c2o1. The van der Waals surface area contributed by atoms with Gasteiger partial charge in [-0.1, -0.05) is 12.1 Å². The molecule has 15 heavy (non-hydrogen) atoms. The lowest BCUT2D eigenvalue weighted by atomic mass is 10.1. The zero-order valence-electron chi connectivity index (χ0n) is 7.97. The van der Waals surface area contributed by atoms with Gasteiger partial charge >= 0.3 is 0 Å². The Kier molecular flexibility index (Phi) is 1.73. The van der Waals surface area contributed by atoms with Crippen LogP contribution in [0.4, 0.5) is 0 Å². The number of aliphatic hydroxyl groups is 1. The lowest BCUT2D eigenvalue weighted by Crippen LogP contribution is -1.75. The third-order valence-corrected chi connectivity index (χ3v) is 2.51. The second kappa shape index (κ2) is 3.07. The van der Waals surface area contributed by atoms with Crippen LogP contribution in [0, 0.1) is 0 Å². The third-order valence-electron chi connectivity index (χ3n) is 2.51. The minimum Gasteiger partial charge on any atom is -0.458 e. The second-order valence-electron chi connectivity index (χ2n) is 3.45. The van der Waals surface area contributed by atoms with Gasteiger partial charge in [0, 0.05) is 23.2 Å². The van der Waals surface area contributed by atoms with E-state index in [0.29, 0.717) is 5.76 Å². The van der Waals surface area contributed by atoms with Crippen molar-refractivity contribution in [2.75, 3.05) is 0 Å². The zero-order chi connectivity index (χ0) is 10.3. The maximum Gasteiger partial charge on any atom is 0.143 e. The highest BCUT2D eigenvalue weighted by molar-refractivity contribution is 6.03. The van der Waals surface area contributed by atoms with Gasteiger partial charge in [-0.3, -0.25) is 4.98 Å². The van der Waals surface area contributed by atoms with E-state index in [0.717, 1.165) is 21.7 Å². The van der Waals surface area contributed by atoms with E-state index in [1.165, 1.54) is 0 Å². The van der Waals surface area contributed by atoms with Crippen LogP contribution in [-0.2, 0) is 6.61 Å². The average Bonchev–Trinajstić information content (AvgIpc) is 2.72. The minimum absolute atomic E-state index is 0.0730. The molecule has 0 aliphatic heterocycles. The van der Waals surface area contributed by atoms with E-state index in [-0.39, 0.29) is 6.61 Å². The van der Waals surface area contributed by atoms with Crippen LogP contribution in [-0.4, -0.2) is 10.1 Å². The molecule has 0 radical (unpaired) electrons. The Labute approximate surface area is 86.0 Å². The van der Waals surface area contributed by atoms with Crippen molar-refractivity contribution in [1.82, 2.24) is 4.98 Å². The highest BCUT2D eigenvalue weighted by Crippen LogP contribution is 2.27. The molecular formula is C12H9NO2. The summed E-state index contributed by atoms with van der Waals surface area (Å²) in [6.45, 7) is -0.0730. The Balaban J connectivity index is 2.47. The topological polar surface area (TPSA) is 46.3 Å². The van der Waals surface area contributed by atoms with E-state index < -0.39 is 0 Å². The van der Waals surface area contributed by atoms with Crippen molar-refractivity contribution < 1.29 is 9.52 Å². The summed E-state index contributed by atoms with van der Waals surface area (Å²) in [5.41, 5.74) is 0.796. The van der Waals surface area contributed by atoms with Crippen molar-refractivity contribution in [2.24, 2.45) is 0 Å². The van der Waals surface area contributed by atoms with Crippen molar-refractivity contribution in [3.8, 4) is 0 Å². The van der Waals surface area contributed by atoms with E-state index in [9.17, 15) is 0 Å². The lowest BCUT2D eigenvalue weighted by molar-refractivity contribution is 0.251. The number of furan rings is 1. The van der Waals surface area contributed by atoms with Crippen LogP contribution in [0.25, 0.3) is 21.7 Å². The van der Waals surface area contributed by atoms with Gasteiger partial charge in [-0.15, -0.1) is 0 Å². The molecule has 1 aromatic carbocycles. The van der Waals surface area contributed by atoms with Crippen LogP contribution in [0.1, 0.15) is 5.76 Å². The summed E-state index contributed by atoms with van der Waals surface area (Å²) >= 11 is 0. The molecule has 0 bridgehead atoms. The molecule has 0 spiro atoms. The molecular weight excluding hydrogens is 190 g/mol. The number of hydrogen-bond donors (Lipinski definition) is 1. The number of nitrogens with zero attached hydrogens (tertiary/aromatic N) is 1. The minimum atomic E-state index is -0.0730. The van der Waals surface area contributed by atoms with Crippen LogP contribution in [0.15, 0.2) is 41.1 Å².